The number of carbonyl (C=O) groups is 2. The number of oxazole rings is 1. The number of hydrogen-bond donors (Lipinski definition) is 2. The lowest BCUT2D eigenvalue weighted by atomic mass is 10.2. The quantitative estimate of drug-likeness (QED) is 0.522. The van der Waals surface area contributed by atoms with Crippen molar-refractivity contribution in [3.05, 3.63) is 66.2 Å². The van der Waals surface area contributed by atoms with Gasteiger partial charge in [0.15, 0.2) is 11.7 Å². The van der Waals surface area contributed by atoms with Crippen LogP contribution in [0.5, 0.6) is 0 Å². The molecule has 2 aromatic carbocycles. The Morgan fingerprint density at radius 2 is 1.78 bits per heavy atom. The van der Waals surface area contributed by atoms with E-state index in [0.717, 1.165) is 6.07 Å². The van der Waals surface area contributed by atoms with Gasteiger partial charge in [0.1, 0.15) is 17.2 Å². The third-order valence-electron chi connectivity index (χ3n) is 4.13. The Bertz CT molecular complexity index is 1110. The second kappa shape index (κ2) is 9.59. The topological polar surface area (TPSA) is 93.5 Å². The maximum atomic E-state index is 14.0. The van der Waals surface area contributed by atoms with Crippen molar-refractivity contribution < 1.29 is 27.5 Å². The zero-order chi connectivity index (χ0) is 23.3. The molecule has 3 rings (SSSR count). The largest absolute Gasteiger partial charge is 0.444 e. The third-order valence-corrected chi connectivity index (χ3v) is 4.13. The zero-order valence-electron chi connectivity index (χ0n) is 17.9. The van der Waals surface area contributed by atoms with Crippen LogP contribution >= 0.6 is 0 Å². The fraction of sp³-hybridized carbons (Fsp3) is 0.261. The molecule has 0 aliphatic heterocycles. The molecule has 2 amide bonds. The second-order valence-electron chi connectivity index (χ2n) is 7.99. The van der Waals surface area contributed by atoms with Crippen LogP contribution in [0.15, 0.2) is 53.1 Å². The molecule has 7 nitrogen and oxygen atoms in total. The van der Waals surface area contributed by atoms with Gasteiger partial charge in [-0.1, -0.05) is 0 Å². The van der Waals surface area contributed by atoms with Gasteiger partial charge in [0.25, 0.3) is 0 Å². The third kappa shape index (κ3) is 6.63. The number of anilines is 2. The molecule has 9 heteroatoms. The molecule has 0 saturated heterocycles. The lowest BCUT2D eigenvalue weighted by Gasteiger charge is -2.20. The van der Waals surface area contributed by atoms with E-state index in [2.05, 4.69) is 15.6 Å². The summed E-state index contributed by atoms with van der Waals surface area (Å²) in [5, 5.41) is 4.96. The zero-order valence-corrected chi connectivity index (χ0v) is 17.9. The van der Waals surface area contributed by atoms with E-state index in [0.29, 0.717) is 22.9 Å². The van der Waals surface area contributed by atoms with Gasteiger partial charge < -0.3 is 14.5 Å². The molecule has 0 bridgehead atoms. The van der Waals surface area contributed by atoms with Gasteiger partial charge in [-0.05, 0) is 63.2 Å². The van der Waals surface area contributed by atoms with E-state index in [1.807, 2.05) is 0 Å². The minimum Gasteiger partial charge on any atom is -0.444 e. The Hall–Kier alpha value is -3.75. The van der Waals surface area contributed by atoms with Gasteiger partial charge >= 0.3 is 6.09 Å². The molecule has 32 heavy (non-hydrogen) atoms. The van der Waals surface area contributed by atoms with E-state index in [-0.39, 0.29) is 30.3 Å². The van der Waals surface area contributed by atoms with Crippen LogP contribution < -0.4 is 10.6 Å². The van der Waals surface area contributed by atoms with Gasteiger partial charge in [-0.25, -0.2) is 18.6 Å². The van der Waals surface area contributed by atoms with Gasteiger partial charge in [-0.3, -0.25) is 10.1 Å². The molecule has 0 fully saturated rings. The van der Waals surface area contributed by atoms with E-state index in [1.54, 1.807) is 32.9 Å². The highest BCUT2D eigenvalue weighted by atomic mass is 19.1. The van der Waals surface area contributed by atoms with Crippen molar-refractivity contribution in [3.63, 3.8) is 0 Å². The summed E-state index contributed by atoms with van der Waals surface area (Å²) in [4.78, 5) is 28.3. The smallest absolute Gasteiger partial charge is 0.412 e. The van der Waals surface area contributed by atoms with Crippen LogP contribution in [0.2, 0.25) is 0 Å². The van der Waals surface area contributed by atoms with Crippen molar-refractivity contribution >= 4 is 23.4 Å². The number of hydrogen-bond acceptors (Lipinski definition) is 5. The first-order valence-electron chi connectivity index (χ1n) is 9.89. The van der Waals surface area contributed by atoms with Crippen molar-refractivity contribution in [2.75, 3.05) is 10.6 Å². The summed E-state index contributed by atoms with van der Waals surface area (Å²) >= 11 is 0. The van der Waals surface area contributed by atoms with Crippen LogP contribution in [0, 0.1) is 11.6 Å². The summed E-state index contributed by atoms with van der Waals surface area (Å²) in [6.07, 6.45) is 1.00. The number of aryl methyl sites for hydroxylation is 1. The van der Waals surface area contributed by atoms with Crippen LogP contribution in [0.1, 0.15) is 33.1 Å². The lowest BCUT2D eigenvalue weighted by molar-refractivity contribution is -0.116. The normalized spacial score (nSPS) is 11.2. The molecule has 3 aromatic rings. The molecule has 168 valence electrons. The molecular formula is C23H23F2N3O4. The average Bonchev–Trinajstić information content (AvgIpc) is 3.17. The minimum absolute atomic E-state index is 0.0651. The van der Waals surface area contributed by atoms with Crippen LogP contribution in [-0.4, -0.2) is 22.6 Å². The Morgan fingerprint density at radius 3 is 2.47 bits per heavy atom. The van der Waals surface area contributed by atoms with E-state index in [1.165, 1.54) is 30.5 Å². The Kier molecular flexibility index (Phi) is 6.87. The highest BCUT2D eigenvalue weighted by molar-refractivity contribution is 5.92. The highest BCUT2D eigenvalue weighted by Crippen LogP contribution is 2.23. The number of carbonyl (C=O) groups excluding carboxylic acids is 2. The molecule has 0 atom stereocenters. The monoisotopic (exact) mass is 443 g/mol. The fourth-order valence-corrected chi connectivity index (χ4v) is 2.73. The molecule has 0 spiro atoms. The maximum absolute atomic E-state index is 14.0. The SMILES string of the molecule is CC(C)(C)OC(=O)Nc1cc(NC(=O)CCc2ncc(-c3ccc(F)cc3)o2)ccc1F. The van der Waals surface area contributed by atoms with Crippen LogP contribution in [0.3, 0.4) is 0 Å². The van der Waals surface area contributed by atoms with Crippen molar-refractivity contribution in [2.45, 2.75) is 39.2 Å². The Balaban J connectivity index is 1.56. The number of amides is 2. The Labute approximate surface area is 183 Å². The van der Waals surface area contributed by atoms with Crippen molar-refractivity contribution in [1.29, 1.82) is 0 Å². The summed E-state index contributed by atoms with van der Waals surface area (Å²) in [5.41, 5.74) is 0.129. The van der Waals surface area contributed by atoms with Gasteiger partial charge in [0, 0.05) is 24.1 Å². The van der Waals surface area contributed by atoms with Crippen LogP contribution in [-0.2, 0) is 16.0 Å². The van der Waals surface area contributed by atoms with Crippen molar-refractivity contribution in [2.24, 2.45) is 0 Å². The van der Waals surface area contributed by atoms with Gasteiger partial charge in [-0.15, -0.1) is 0 Å². The molecule has 1 heterocycles. The maximum Gasteiger partial charge on any atom is 0.412 e. The first kappa shape index (κ1) is 22.9. The number of aromatic nitrogens is 1. The molecular weight excluding hydrogens is 420 g/mol. The molecule has 0 unspecified atom stereocenters. The predicted molar refractivity (Wildman–Crippen MR) is 115 cm³/mol. The second-order valence-corrected chi connectivity index (χ2v) is 7.99. The minimum atomic E-state index is -0.805. The molecule has 0 aliphatic rings. The van der Waals surface area contributed by atoms with Gasteiger partial charge in [-0.2, -0.15) is 0 Å². The summed E-state index contributed by atoms with van der Waals surface area (Å²) in [7, 11) is 0. The van der Waals surface area contributed by atoms with E-state index >= 15 is 0 Å². The van der Waals surface area contributed by atoms with Crippen molar-refractivity contribution in [1.82, 2.24) is 4.98 Å². The summed E-state index contributed by atoms with van der Waals surface area (Å²) in [6, 6.07) is 9.60. The van der Waals surface area contributed by atoms with Gasteiger partial charge in [0.05, 0.1) is 11.9 Å². The summed E-state index contributed by atoms with van der Waals surface area (Å²) < 4.78 is 37.8. The molecule has 0 saturated carbocycles. The Morgan fingerprint density at radius 1 is 1.06 bits per heavy atom. The van der Waals surface area contributed by atoms with E-state index in [9.17, 15) is 18.4 Å². The first-order valence-corrected chi connectivity index (χ1v) is 9.89. The van der Waals surface area contributed by atoms with E-state index in [4.69, 9.17) is 9.15 Å². The standard InChI is InChI=1S/C23H23F2N3O4/c1-23(2,3)32-22(30)28-18-12-16(8-9-17(18)25)27-20(29)10-11-21-26-13-19(31-21)14-4-6-15(24)7-5-14/h4-9,12-13H,10-11H2,1-3H3,(H,27,29)(H,28,30). The van der Waals surface area contributed by atoms with Crippen LogP contribution in [0.25, 0.3) is 11.3 Å². The molecule has 2 N–H and O–H groups in total. The van der Waals surface area contributed by atoms with Gasteiger partial charge in [0.2, 0.25) is 5.91 Å². The predicted octanol–water partition coefficient (Wildman–Crippen LogP) is 5.54. The van der Waals surface area contributed by atoms with Crippen LogP contribution in [0.4, 0.5) is 25.0 Å². The molecule has 0 aliphatic carbocycles. The van der Waals surface area contributed by atoms with Crippen molar-refractivity contribution in [3.8, 4) is 11.3 Å². The number of ether oxygens (including phenoxy) is 1. The molecule has 0 radical (unpaired) electrons. The highest BCUT2D eigenvalue weighted by Gasteiger charge is 2.18. The lowest BCUT2D eigenvalue weighted by Crippen LogP contribution is -2.27. The number of benzene rings is 2. The number of halogens is 2. The summed E-state index contributed by atoms with van der Waals surface area (Å²) in [5.74, 6) is -0.540. The molecule has 1 aromatic heterocycles. The number of nitrogens with one attached hydrogen (secondary N) is 2. The first-order chi connectivity index (χ1) is 15.1. The number of nitrogens with zero attached hydrogens (tertiary/aromatic N) is 1. The number of rotatable bonds is 6. The average molecular weight is 443 g/mol. The fourth-order valence-electron chi connectivity index (χ4n) is 2.73. The summed E-state index contributed by atoms with van der Waals surface area (Å²) in [6.45, 7) is 5.07. The van der Waals surface area contributed by atoms with E-state index < -0.39 is 17.5 Å².